The van der Waals surface area contributed by atoms with Gasteiger partial charge < -0.3 is 10.1 Å². The van der Waals surface area contributed by atoms with Gasteiger partial charge in [-0.15, -0.1) is 0 Å². The third kappa shape index (κ3) is 3.40. The second kappa shape index (κ2) is 6.21. The topological polar surface area (TPSA) is 51.5 Å². The van der Waals surface area contributed by atoms with Crippen LogP contribution in [-0.2, 0) is 11.3 Å². The van der Waals surface area contributed by atoms with E-state index < -0.39 is 0 Å². The second-order valence-corrected chi connectivity index (χ2v) is 7.76. The molecule has 1 fully saturated rings. The Hall–Kier alpha value is -1.46. The minimum Gasteiger partial charge on any atom is -0.377 e. The summed E-state index contributed by atoms with van der Waals surface area (Å²) in [5, 5.41) is 3.60. The number of ether oxygens (including phenoxy) is 1. The first-order valence-electron chi connectivity index (χ1n) is 8.49. The molecule has 1 aliphatic heterocycles. The quantitative estimate of drug-likeness (QED) is 0.942. The molecule has 5 nitrogen and oxygen atoms in total. The molecule has 2 atom stereocenters. The van der Waals surface area contributed by atoms with Crippen molar-refractivity contribution in [1.29, 1.82) is 0 Å². The van der Waals surface area contributed by atoms with Crippen LogP contribution < -0.4 is 5.32 Å². The van der Waals surface area contributed by atoms with Gasteiger partial charge in [0.2, 0.25) is 5.78 Å². The molecule has 1 aliphatic rings. The van der Waals surface area contributed by atoms with Crippen LogP contribution >= 0.6 is 0 Å². The van der Waals surface area contributed by atoms with Gasteiger partial charge in [0.05, 0.1) is 18.0 Å². The van der Waals surface area contributed by atoms with E-state index in [1.807, 2.05) is 13.1 Å². The summed E-state index contributed by atoms with van der Waals surface area (Å²) in [6, 6.07) is 2.10. The molecular weight excluding hydrogens is 288 g/mol. The molecule has 0 unspecified atom stereocenters. The Morgan fingerprint density at radius 2 is 2.13 bits per heavy atom. The van der Waals surface area contributed by atoms with Gasteiger partial charge in [-0.3, -0.25) is 4.40 Å². The lowest BCUT2D eigenvalue weighted by molar-refractivity contribution is 0.00719. The number of hydrogen-bond acceptors (Lipinski definition) is 4. The van der Waals surface area contributed by atoms with E-state index >= 15 is 0 Å². The molecule has 5 heteroatoms. The maximum atomic E-state index is 5.95. The third-order valence-electron chi connectivity index (χ3n) is 4.64. The highest BCUT2D eigenvalue weighted by atomic mass is 16.5. The van der Waals surface area contributed by atoms with Gasteiger partial charge in [0.25, 0.3) is 0 Å². The molecule has 126 valence electrons. The van der Waals surface area contributed by atoms with Crippen molar-refractivity contribution in [2.45, 2.75) is 53.7 Å². The lowest BCUT2D eigenvalue weighted by atomic mass is 9.81. The van der Waals surface area contributed by atoms with Crippen LogP contribution in [0.3, 0.4) is 0 Å². The Morgan fingerprint density at radius 3 is 2.87 bits per heavy atom. The van der Waals surface area contributed by atoms with Crippen LogP contribution in [0.15, 0.2) is 12.3 Å². The van der Waals surface area contributed by atoms with Crippen LogP contribution in [0.1, 0.15) is 44.3 Å². The van der Waals surface area contributed by atoms with E-state index in [-0.39, 0.29) is 5.41 Å². The van der Waals surface area contributed by atoms with Crippen molar-refractivity contribution < 1.29 is 4.74 Å². The van der Waals surface area contributed by atoms with E-state index in [0.717, 1.165) is 43.3 Å². The first-order valence-corrected chi connectivity index (χ1v) is 8.49. The van der Waals surface area contributed by atoms with Crippen molar-refractivity contribution in [3.05, 3.63) is 29.3 Å². The average molecular weight is 316 g/mol. The maximum absolute atomic E-state index is 5.95. The molecule has 0 saturated carbocycles. The summed E-state index contributed by atoms with van der Waals surface area (Å²) in [6.45, 7) is 13.6. The maximum Gasteiger partial charge on any atom is 0.234 e. The van der Waals surface area contributed by atoms with Crippen molar-refractivity contribution in [1.82, 2.24) is 19.7 Å². The highest BCUT2D eigenvalue weighted by molar-refractivity contribution is 5.35. The van der Waals surface area contributed by atoms with E-state index in [4.69, 9.17) is 4.74 Å². The number of nitrogens with one attached hydrogen (secondary N) is 1. The summed E-state index contributed by atoms with van der Waals surface area (Å²) >= 11 is 0. The minimum atomic E-state index is 0.199. The lowest BCUT2D eigenvalue weighted by Crippen LogP contribution is -2.36. The summed E-state index contributed by atoms with van der Waals surface area (Å²) in [4.78, 5) is 8.92. The molecule has 1 N–H and O–H groups in total. The number of hydrogen-bond donors (Lipinski definition) is 1. The minimum absolute atomic E-state index is 0.199. The monoisotopic (exact) mass is 316 g/mol. The normalized spacial score (nSPS) is 22.1. The van der Waals surface area contributed by atoms with Crippen LogP contribution in [0.2, 0.25) is 0 Å². The number of imidazole rings is 1. The Labute approximate surface area is 138 Å². The van der Waals surface area contributed by atoms with Crippen LogP contribution in [0, 0.1) is 25.2 Å². The first-order chi connectivity index (χ1) is 10.9. The smallest absolute Gasteiger partial charge is 0.234 e. The summed E-state index contributed by atoms with van der Waals surface area (Å²) < 4.78 is 8.08. The van der Waals surface area contributed by atoms with Crippen molar-refractivity contribution in [2.24, 2.45) is 11.3 Å². The van der Waals surface area contributed by atoms with Crippen molar-refractivity contribution >= 4 is 5.78 Å². The fraction of sp³-hybridized carbons (Fsp3) is 0.667. The van der Waals surface area contributed by atoms with Gasteiger partial charge in [-0.25, -0.2) is 9.97 Å². The zero-order valence-electron chi connectivity index (χ0n) is 14.9. The van der Waals surface area contributed by atoms with Gasteiger partial charge in [0.1, 0.15) is 0 Å². The highest BCUT2D eigenvalue weighted by Gasteiger charge is 2.36. The Morgan fingerprint density at radius 1 is 1.35 bits per heavy atom. The van der Waals surface area contributed by atoms with Gasteiger partial charge in [0, 0.05) is 37.0 Å². The van der Waals surface area contributed by atoms with Gasteiger partial charge in [-0.1, -0.05) is 20.8 Å². The zero-order valence-corrected chi connectivity index (χ0v) is 14.9. The predicted molar refractivity (Wildman–Crippen MR) is 91.5 cm³/mol. The molecule has 0 aromatic carbocycles. The van der Waals surface area contributed by atoms with E-state index in [1.165, 1.54) is 5.69 Å². The number of aromatic nitrogens is 3. The Bertz CT molecular complexity index is 686. The van der Waals surface area contributed by atoms with Gasteiger partial charge in [-0.05, 0) is 31.7 Å². The van der Waals surface area contributed by atoms with E-state index in [9.17, 15) is 0 Å². The summed E-state index contributed by atoms with van der Waals surface area (Å²) in [6.07, 6.45) is 3.40. The molecule has 0 amide bonds. The Kier molecular flexibility index (Phi) is 4.43. The highest BCUT2D eigenvalue weighted by Crippen LogP contribution is 2.34. The fourth-order valence-electron chi connectivity index (χ4n) is 3.71. The molecule has 2 aromatic rings. The van der Waals surface area contributed by atoms with Gasteiger partial charge in [-0.2, -0.15) is 0 Å². The van der Waals surface area contributed by atoms with Crippen LogP contribution in [0.4, 0.5) is 0 Å². The third-order valence-corrected chi connectivity index (χ3v) is 4.64. The molecule has 3 rings (SSSR count). The van der Waals surface area contributed by atoms with Crippen molar-refractivity contribution in [3.8, 4) is 0 Å². The summed E-state index contributed by atoms with van der Waals surface area (Å²) in [7, 11) is 0. The lowest BCUT2D eigenvalue weighted by Gasteiger charge is -2.31. The van der Waals surface area contributed by atoms with Gasteiger partial charge in [0.15, 0.2) is 0 Å². The van der Waals surface area contributed by atoms with E-state index in [1.54, 1.807) is 0 Å². The molecule has 0 aliphatic carbocycles. The number of aryl methyl sites for hydroxylation is 2. The molecule has 3 heterocycles. The number of rotatable bonds is 4. The average Bonchev–Trinajstić information content (AvgIpc) is 3.05. The first kappa shape index (κ1) is 16.4. The number of fused-ring (bicyclic) bond motifs is 1. The predicted octanol–water partition coefficient (Wildman–Crippen LogP) is 2.89. The standard InChI is InChI=1S/C18H28N4O/c1-12-8-13(2)22-15(11-20-17(22)21-12)10-19-9-14-6-7-23-16(14)18(3,4)5/h8,11,14,16,19H,6-7,9-10H2,1-5H3/t14-,16-/m0/s1. The number of nitrogens with zero attached hydrogens (tertiary/aromatic N) is 3. The van der Waals surface area contributed by atoms with Crippen LogP contribution in [0.25, 0.3) is 5.78 Å². The molecule has 0 bridgehead atoms. The van der Waals surface area contributed by atoms with E-state index in [0.29, 0.717) is 12.0 Å². The molecular formula is C18H28N4O. The molecule has 0 radical (unpaired) electrons. The second-order valence-electron chi connectivity index (χ2n) is 7.76. The van der Waals surface area contributed by atoms with Gasteiger partial charge >= 0.3 is 0 Å². The molecule has 0 spiro atoms. The molecule has 1 saturated heterocycles. The van der Waals surface area contributed by atoms with Crippen molar-refractivity contribution in [3.63, 3.8) is 0 Å². The molecule has 2 aromatic heterocycles. The summed E-state index contributed by atoms with van der Waals surface area (Å²) in [5.41, 5.74) is 3.55. The van der Waals surface area contributed by atoms with Crippen LogP contribution in [-0.4, -0.2) is 33.6 Å². The SMILES string of the molecule is Cc1cc(C)n2c(CNC[C@@H]3CCO[C@@H]3C(C)(C)C)cnc2n1. The zero-order chi connectivity index (χ0) is 16.6. The van der Waals surface area contributed by atoms with E-state index in [2.05, 4.69) is 53.4 Å². The van der Waals surface area contributed by atoms with Crippen molar-refractivity contribution in [2.75, 3.05) is 13.2 Å². The molecule has 23 heavy (non-hydrogen) atoms. The fourth-order valence-corrected chi connectivity index (χ4v) is 3.71. The van der Waals surface area contributed by atoms with Crippen LogP contribution in [0.5, 0.6) is 0 Å². The largest absolute Gasteiger partial charge is 0.377 e. The summed E-state index contributed by atoms with van der Waals surface area (Å²) in [5.74, 6) is 1.37. The Balaban J connectivity index is 1.65.